The van der Waals surface area contributed by atoms with Crippen LogP contribution in [-0.4, -0.2) is 35.4 Å². The molecule has 0 bridgehead atoms. The van der Waals surface area contributed by atoms with Crippen molar-refractivity contribution in [3.63, 3.8) is 0 Å². The zero-order valence-electron chi connectivity index (χ0n) is 20.7. The summed E-state index contributed by atoms with van der Waals surface area (Å²) < 4.78 is 17.4. The predicted molar refractivity (Wildman–Crippen MR) is 142 cm³/mol. The van der Waals surface area contributed by atoms with Crippen molar-refractivity contribution in [2.45, 2.75) is 25.7 Å². The monoisotopic (exact) mass is 512 g/mol. The second-order valence-electron chi connectivity index (χ2n) is 8.46. The number of benzene rings is 3. The Bertz CT molecular complexity index is 1400. The molecule has 194 valence electrons. The number of rotatable bonds is 10. The SMILES string of the molecule is C=CCOC(=O)[C@@H](Cc1cn(C(=O)OCc2ccccc2)c2ccccc12)NC(=O)OCc1ccccc1. The first-order valence-electron chi connectivity index (χ1n) is 12.1. The van der Waals surface area contributed by atoms with Crippen LogP contribution in [0, 0.1) is 0 Å². The highest BCUT2D eigenvalue weighted by atomic mass is 16.6. The number of ether oxygens (including phenoxy) is 3. The molecular formula is C30H28N2O6. The maximum Gasteiger partial charge on any atom is 0.418 e. The van der Waals surface area contributed by atoms with Gasteiger partial charge in [-0.3, -0.25) is 4.57 Å². The van der Waals surface area contributed by atoms with Gasteiger partial charge >= 0.3 is 18.2 Å². The smallest absolute Gasteiger partial charge is 0.418 e. The van der Waals surface area contributed by atoms with E-state index in [9.17, 15) is 14.4 Å². The van der Waals surface area contributed by atoms with Crippen LogP contribution in [0.15, 0.2) is 104 Å². The van der Waals surface area contributed by atoms with Crippen LogP contribution in [0.25, 0.3) is 10.9 Å². The van der Waals surface area contributed by atoms with Gasteiger partial charge in [-0.1, -0.05) is 91.5 Å². The highest BCUT2D eigenvalue weighted by Gasteiger charge is 2.26. The Morgan fingerprint density at radius 3 is 2.08 bits per heavy atom. The van der Waals surface area contributed by atoms with Gasteiger partial charge in [0.1, 0.15) is 25.9 Å². The third-order valence-electron chi connectivity index (χ3n) is 5.75. The number of nitrogens with one attached hydrogen (secondary N) is 1. The molecule has 0 saturated heterocycles. The van der Waals surface area contributed by atoms with E-state index >= 15 is 0 Å². The number of aromatic nitrogens is 1. The van der Waals surface area contributed by atoms with Gasteiger partial charge in [0, 0.05) is 18.0 Å². The third-order valence-corrected chi connectivity index (χ3v) is 5.75. The van der Waals surface area contributed by atoms with Crippen molar-refractivity contribution in [2.75, 3.05) is 6.61 Å². The Morgan fingerprint density at radius 1 is 0.816 bits per heavy atom. The summed E-state index contributed by atoms with van der Waals surface area (Å²) in [7, 11) is 0. The standard InChI is InChI=1S/C30H28N2O6/c1-2-17-36-28(33)26(31-29(34)37-20-22-11-5-3-6-12-22)18-24-19-32(27-16-10-9-15-25(24)27)30(35)38-21-23-13-7-4-8-14-23/h2-16,19,26H,1,17-18,20-21H2,(H,31,34)/t26-/m1/s1. The number of alkyl carbamates (subject to hydrolysis) is 1. The van der Waals surface area contributed by atoms with Gasteiger partial charge in [0.25, 0.3) is 0 Å². The van der Waals surface area contributed by atoms with Crippen molar-refractivity contribution < 1.29 is 28.6 Å². The molecule has 4 rings (SSSR count). The van der Waals surface area contributed by atoms with Crippen LogP contribution in [0.4, 0.5) is 9.59 Å². The van der Waals surface area contributed by atoms with Gasteiger partial charge in [-0.2, -0.15) is 0 Å². The average Bonchev–Trinajstić information content (AvgIpc) is 3.32. The minimum Gasteiger partial charge on any atom is -0.460 e. The normalized spacial score (nSPS) is 11.4. The van der Waals surface area contributed by atoms with Crippen LogP contribution in [0.1, 0.15) is 16.7 Å². The number of nitrogens with zero attached hydrogens (tertiary/aromatic N) is 1. The van der Waals surface area contributed by atoms with E-state index in [4.69, 9.17) is 14.2 Å². The molecule has 8 heteroatoms. The fraction of sp³-hybridized carbons (Fsp3) is 0.167. The summed E-state index contributed by atoms with van der Waals surface area (Å²) in [4.78, 5) is 38.3. The largest absolute Gasteiger partial charge is 0.460 e. The van der Waals surface area contributed by atoms with Crippen molar-refractivity contribution in [3.05, 3.63) is 120 Å². The van der Waals surface area contributed by atoms with Crippen molar-refractivity contribution in [2.24, 2.45) is 0 Å². The lowest BCUT2D eigenvalue weighted by molar-refractivity contribution is -0.144. The quantitative estimate of drug-likeness (QED) is 0.174. The molecule has 0 aliphatic carbocycles. The first-order chi connectivity index (χ1) is 18.5. The molecule has 0 unspecified atom stereocenters. The molecule has 8 nitrogen and oxygen atoms in total. The second kappa shape index (κ2) is 12.9. The lowest BCUT2D eigenvalue weighted by atomic mass is 10.1. The van der Waals surface area contributed by atoms with Crippen LogP contribution in [0.3, 0.4) is 0 Å². The Hall–Kier alpha value is -4.85. The first-order valence-corrected chi connectivity index (χ1v) is 12.1. The number of para-hydroxylation sites is 1. The predicted octanol–water partition coefficient (Wildman–Crippen LogP) is 5.39. The fourth-order valence-electron chi connectivity index (χ4n) is 3.91. The molecule has 0 spiro atoms. The molecule has 0 aliphatic rings. The average molecular weight is 513 g/mol. The van der Waals surface area contributed by atoms with E-state index in [0.29, 0.717) is 11.1 Å². The lowest BCUT2D eigenvalue weighted by Gasteiger charge is -2.17. The molecule has 1 aromatic heterocycles. The van der Waals surface area contributed by atoms with Crippen molar-refractivity contribution in [1.29, 1.82) is 0 Å². The summed E-state index contributed by atoms with van der Waals surface area (Å²) in [5.41, 5.74) is 2.94. The van der Waals surface area contributed by atoms with E-state index < -0.39 is 24.2 Å². The number of hydrogen-bond acceptors (Lipinski definition) is 6. The van der Waals surface area contributed by atoms with Gasteiger partial charge in [0.2, 0.25) is 0 Å². The Balaban J connectivity index is 1.51. The van der Waals surface area contributed by atoms with Gasteiger partial charge in [-0.05, 0) is 22.8 Å². The molecule has 1 heterocycles. The van der Waals surface area contributed by atoms with Crippen molar-refractivity contribution >= 4 is 29.1 Å². The van der Waals surface area contributed by atoms with Crippen molar-refractivity contribution in [3.8, 4) is 0 Å². The molecule has 38 heavy (non-hydrogen) atoms. The number of carbonyl (C=O) groups is 3. The van der Waals surface area contributed by atoms with Gasteiger partial charge in [-0.25, -0.2) is 14.4 Å². The Kier molecular flexibility index (Phi) is 8.91. The third kappa shape index (κ3) is 6.88. The van der Waals surface area contributed by atoms with Crippen LogP contribution >= 0.6 is 0 Å². The topological polar surface area (TPSA) is 95.9 Å². The summed E-state index contributed by atoms with van der Waals surface area (Å²) >= 11 is 0. The summed E-state index contributed by atoms with van der Waals surface area (Å²) in [6.07, 6.45) is 1.80. The number of fused-ring (bicyclic) bond motifs is 1. The maximum atomic E-state index is 13.0. The zero-order valence-corrected chi connectivity index (χ0v) is 20.7. The molecule has 4 aromatic rings. The highest BCUT2D eigenvalue weighted by Crippen LogP contribution is 2.23. The minimum atomic E-state index is -1.06. The fourth-order valence-corrected chi connectivity index (χ4v) is 3.91. The number of carbonyl (C=O) groups excluding carboxylic acids is 3. The molecule has 1 atom stereocenters. The second-order valence-corrected chi connectivity index (χ2v) is 8.46. The molecule has 0 aliphatic heterocycles. The van der Waals surface area contributed by atoms with Gasteiger partial charge in [0.15, 0.2) is 0 Å². The molecule has 1 amide bonds. The van der Waals surface area contributed by atoms with Crippen LogP contribution < -0.4 is 5.32 Å². The van der Waals surface area contributed by atoms with Gasteiger partial charge < -0.3 is 19.5 Å². The minimum absolute atomic E-state index is 0.0103. The van der Waals surface area contributed by atoms with Gasteiger partial charge in [-0.15, -0.1) is 0 Å². The number of amides is 1. The van der Waals surface area contributed by atoms with E-state index in [-0.39, 0.29) is 26.2 Å². The van der Waals surface area contributed by atoms with E-state index in [1.807, 2.05) is 78.9 Å². The Morgan fingerprint density at radius 2 is 1.42 bits per heavy atom. The zero-order chi connectivity index (χ0) is 26.7. The molecule has 1 N–H and O–H groups in total. The number of hydrogen-bond donors (Lipinski definition) is 1. The lowest BCUT2D eigenvalue weighted by Crippen LogP contribution is -2.43. The highest BCUT2D eigenvalue weighted by molar-refractivity contribution is 5.92. The molecule has 3 aromatic carbocycles. The molecular weight excluding hydrogens is 484 g/mol. The summed E-state index contributed by atoms with van der Waals surface area (Å²) in [6.45, 7) is 3.72. The molecule has 0 saturated carbocycles. The molecule has 0 radical (unpaired) electrons. The van der Waals surface area contributed by atoms with Crippen molar-refractivity contribution in [1.82, 2.24) is 9.88 Å². The van der Waals surface area contributed by atoms with E-state index in [1.165, 1.54) is 10.6 Å². The van der Waals surface area contributed by atoms with Crippen LogP contribution in [0.5, 0.6) is 0 Å². The van der Waals surface area contributed by atoms with Crippen LogP contribution in [0.2, 0.25) is 0 Å². The summed E-state index contributed by atoms with van der Waals surface area (Å²) in [6, 6.07) is 24.8. The van der Waals surface area contributed by atoms with E-state index in [0.717, 1.165) is 16.5 Å². The van der Waals surface area contributed by atoms with Gasteiger partial charge in [0.05, 0.1) is 5.52 Å². The van der Waals surface area contributed by atoms with Crippen LogP contribution in [-0.2, 0) is 38.6 Å². The summed E-state index contributed by atoms with van der Waals surface area (Å²) in [5, 5.41) is 3.34. The maximum absolute atomic E-state index is 13.0. The molecule has 0 fully saturated rings. The Labute approximate surface area is 220 Å². The summed E-state index contributed by atoms with van der Waals surface area (Å²) in [5.74, 6) is -0.648. The first kappa shape index (κ1) is 26.2. The van der Waals surface area contributed by atoms with E-state index in [1.54, 1.807) is 12.3 Å². The van der Waals surface area contributed by atoms with E-state index in [2.05, 4.69) is 11.9 Å². The number of esters is 1.